The van der Waals surface area contributed by atoms with Crippen molar-refractivity contribution in [1.29, 1.82) is 0 Å². The van der Waals surface area contributed by atoms with Crippen molar-refractivity contribution in [3.8, 4) is 0 Å². The van der Waals surface area contributed by atoms with Crippen LogP contribution < -0.4 is 0 Å². The number of hydrogen-bond donors (Lipinski definition) is 0. The third-order valence-corrected chi connectivity index (χ3v) is 16.0. The Morgan fingerprint density at radius 2 is 0.444 bits per heavy atom. The summed E-state index contributed by atoms with van der Waals surface area (Å²) < 4.78 is 17.0. The van der Waals surface area contributed by atoms with Crippen LogP contribution in [0.25, 0.3) is 0 Å². The smallest absolute Gasteiger partial charge is 0.306 e. The number of carbonyl (C=O) groups excluding carboxylic acids is 3. The average molecular weight is 1130 g/mol. The van der Waals surface area contributed by atoms with Crippen LogP contribution in [0.2, 0.25) is 0 Å². The largest absolute Gasteiger partial charge is 0.462 e. The van der Waals surface area contributed by atoms with E-state index in [1.165, 1.54) is 263 Å². The zero-order valence-electron chi connectivity index (χ0n) is 54.3. The van der Waals surface area contributed by atoms with Gasteiger partial charge in [-0.15, -0.1) is 0 Å². The second-order valence-electron chi connectivity index (χ2n) is 24.1. The second kappa shape index (κ2) is 69.6. The van der Waals surface area contributed by atoms with E-state index in [2.05, 4.69) is 81.5 Å². The molecule has 0 spiro atoms. The zero-order chi connectivity index (χ0) is 58.5. The molecule has 6 nitrogen and oxygen atoms in total. The molecule has 0 N–H and O–H groups in total. The molecule has 0 bridgehead atoms. The predicted molar refractivity (Wildman–Crippen MR) is 353 cm³/mol. The second-order valence-corrected chi connectivity index (χ2v) is 24.1. The summed E-state index contributed by atoms with van der Waals surface area (Å²) in [4.78, 5) is 38.4. The predicted octanol–water partition coefficient (Wildman–Crippen LogP) is 24.7. The normalized spacial score (nSPS) is 12.4. The quantitative estimate of drug-likeness (QED) is 0.0261. The monoisotopic (exact) mass is 1130 g/mol. The first-order valence-corrected chi connectivity index (χ1v) is 35.8. The topological polar surface area (TPSA) is 78.9 Å². The Hall–Kier alpha value is -2.89. The Morgan fingerprint density at radius 3 is 0.716 bits per heavy atom. The minimum atomic E-state index is -0.779. The number of ether oxygens (including phenoxy) is 3. The molecule has 0 saturated carbocycles. The minimum absolute atomic E-state index is 0.0752. The Morgan fingerprint density at radius 1 is 0.247 bits per heavy atom. The van der Waals surface area contributed by atoms with E-state index in [1.54, 1.807) is 0 Å². The van der Waals surface area contributed by atoms with Crippen LogP contribution in [0, 0.1) is 0 Å². The van der Waals surface area contributed by atoms with E-state index in [4.69, 9.17) is 14.2 Å². The summed E-state index contributed by atoms with van der Waals surface area (Å²) in [6, 6.07) is 0. The highest BCUT2D eigenvalue weighted by atomic mass is 16.6. The summed E-state index contributed by atoms with van der Waals surface area (Å²) in [5.41, 5.74) is 0. The van der Waals surface area contributed by atoms with Crippen molar-refractivity contribution in [3.05, 3.63) is 60.8 Å². The summed E-state index contributed by atoms with van der Waals surface area (Å²) in [7, 11) is 0. The molecule has 0 rings (SSSR count). The Balaban J connectivity index is 4.26. The van der Waals surface area contributed by atoms with Crippen LogP contribution in [0.15, 0.2) is 60.8 Å². The highest BCUT2D eigenvalue weighted by molar-refractivity contribution is 5.71. The lowest BCUT2D eigenvalue weighted by atomic mass is 10.0. The molecule has 0 amide bonds. The first-order chi connectivity index (χ1) is 40.0. The third-order valence-electron chi connectivity index (χ3n) is 16.0. The molecule has 6 heteroatoms. The Kier molecular flexibility index (Phi) is 67.1. The molecule has 0 aromatic heterocycles. The van der Waals surface area contributed by atoms with Crippen molar-refractivity contribution in [3.63, 3.8) is 0 Å². The molecule has 0 aliphatic carbocycles. The summed E-state index contributed by atoms with van der Waals surface area (Å²) in [5.74, 6) is -0.864. The van der Waals surface area contributed by atoms with E-state index >= 15 is 0 Å². The molecular weight excluding hydrogens is 997 g/mol. The highest BCUT2D eigenvalue weighted by Gasteiger charge is 2.19. The van der Waals surface area contributed by atoms with Gasteiger partial charge < -0.3 is 14.2 Å². The summed E-state index contributed by atoms with van der Waals surface area (Å²) in [6.07, 6.45) is 89.6. The van der Waals surface area contributed by atoms with Gasteiger partial charge in [0.15, 0.2) is 6.10 Å². The fourth-order valence-corrected chi connectivity index (χ4v) is 10.6. The molecule has 0 radical (unpaired) electrons. The van der Waals surface area contributed by atoms with E-state index in [0.29, 0.717) is 19.3 Å². The molecule has 0 heterocycles. The molecule has 472 valence electrons. The van der Waals surface area contributed by atoms with Crippen molar-refractivity contribution < 1.29 is 28.6 Å². The van der Waals surface area contributed by atoms with Crippen LogP contribution in [-0.4, -0.2) is 37.2 Å². The maximum Gasteiger partial charge on any atom is 0.306 e. The molecule has 0 fully saturated rings. The van der Waals surface area contributed by atoms with Crippen LogP contribution in [0.4, 0.5) is 0 Å². The molecule has 1 unspecified atom stereocenters. The number of carbonyl (C=O) groups is 3. The fourth-order valence-electron chi connectivity index (χ4n) is 10.6. The molecule has 0 saturated heterocycles. The van der Waals surface area contributed by atoms with E-state index in [0.717, 1.165) is 77.0 Å². The van der Waals surface area contributed by atoms with Gasteiger partial charge in [-0.3, -0.25) is 14.4 Å². The lowest BCUT2D eigenvalue weighted by molar-refractivity contribution is -0.167. The molecule has 0 aromatic rings. The van der Waals surface area contributed by atoms with E-state index < -0.39 is 6.10 Å². The number of rotatable bonds is 66. The van der Waals surface area contributed by atoms with Gasteiger partial charge in [0.25, 0.3) is 0 Å². The number of allylic oxidation sites excluding steroid dienone is 10. The number of esters is 3. The van der Waals surface area contributed by atoms with Crippen LogP contribution in [0.3, 0.4) is 0 Å². The van der Waals surface area contributed by atoms with Crippen LogP contribution in [-0.2, 0) is 28.6 Å². The first-order valence-electron chi connectivity index (χ1n) is 35.8. The standard InChI is InChI=1S/C75H136O6/c1-4-7-10-13-16-19-22-25-27-29-31-33-35-36-37-38-40-41-43-45-47-50-53-56-59-62-65-68-74(77)80-71-72(70-79-73(76)67-64-61-58-55-52-49-24-21-18-15-12-9-6-3)81-75(78)69-66-63-60-57-54-51-48-46-44-42-39-34-32-30-28-26-23-20-17-14-11-8-5-2/h21-22,24-25,29-32,35-36,72H,4-20,23,26-28,33-34,37-71H2,1-3H3/b24-21-,25-22-,31-29-,32-30-,36-35-. The lowest BCUT2D eigenvalue weighted by Crippen LogP contribution is -2.30. The number of unbranched alkanes of at least 4 members (excludes halogenated alkanes) is 45. The summed E-state index contributed by atoms with van der Waals surface area (Å²) in [6.45, 7) is 6.66. The SMILES string of the molecule is CCCCCC/C=C\CCCCCCCC(=O)OCC(COC(=O)CCCCCCCCCCCCCC/C=C\C/C=C\C/C=C\CCCCCCC)OC(=O)CCCCCCCCCCCCC/C=C\CCCCCCCCCC. The third kappa shape index (κ3) is 67.8. The maximum absolute atomic E-state index is 13.0. The van der Waals surface area contributed by atoms with Crippen LogP contribution in [0.1, 0.15) is 380 Å². The van der Waals surface area contributed by atoms with Crippen molar-refractivity contribution >= 4 is 17.9 Å². The van der Waals surface area contributed by atoms with E-state index in [1.807, 2.05) is 0 Å². The number of hydrogen-bond acceptors (Lipinski definition) is 6. The van der Waals surface area contributed by atoms with Crippen molar-refractivity contribution in [2.75, 3.05) is 13.2 Å². The van der Waals surface area contributed by atoms with Gasteiger partial charge in [-0.25, -0.2) is 0 Å². The zero-order valence-corrected chi connectivity index (χ0v) is 54.3. The Bertz CT molecular complexity index is 1440. The van der Waals surface area contributed by atoms with E-state index in [9.17, 15) is 14.4 Å². The highest BCUT2D eigenvalue weighted by Crippen LogP contribution is 2.18. The molecule has 0 aliphatic rings. The van der Waals surface area contributed by atoms with Gasteiger partial charge in [0.2, 0.25) is 0 Å². The minimum Gasteiger partial charge on any atom is -0.462 e. The van der Waals surface area contributed by atoms with Crippen molar-refractivity contribution in [1.82, 2.24) is 0 Å². The van der Waals surface area contributed by atoms with Crippen molar-refractivity contribution in [2.45, 2.75) is 386 Å². The summed E-state index contributed by atoms with van der Waals surface area (Å²) >= 11 is 0. The lowest BCUT2D eigenvalue weighted by Gasteiger charge is -2.18. The fraction of sp³-hybridized carbons (Fsp3) is 0.827. The summed E-state index contributed by atoms with van der Waals surface area (Å²) in [5, 5.41) is 0. The van der Waals surface area contributed by atoms with E-state index in [-0.39, 0.29) is 31.1 Å². The van der Waals surface area contributed by atoms with Gasteiger partial charge in [-0.05, 0) is 109 Å². The first kappa shape index (κ1) is 78.1. The molecule has 0 aromatic carbocycles. The van der Waals surface area contributed by atoms with Gasteiger partial charge >= 0.3 is 17.9 Å². The van der Waals surface area contributed by atoms with Gasteiger partial charge in [0.05, 0.1) is 0 Å². The van der Waals surface area contributed by atoms with Gasteiger partial charge in [-0.1, -0.05) is 313 Å². The van der Waals surface area contributed by atoms with Crippen molar-refractivity contribution in [2.24, 2.45) is 0 Å². The van der Waals surface area contributed by atoms with Crippen LogP contribution in [0.5, 0.6) is 0 Å². The van der Waals surface area contributed by atoms with Crippen LogP contribution >= 0.6 is 0 Å². The average Bonchev–Trinajstić information content (AvgIpc) is 3.46. The van der Waals surface area contributed by atoms with Gasteiger partial charge in [0, 0.05) is 19.3 Å². The van der Waals surface area contributed by atoms with Gasteiger partial charge in [0.1, 0.15) is 13.2 Å². The maximum atomic E-state index is 13.0. The molecule has 0 aliphatic heterocycles. The molecule has 81 heavy (non-hydrogen) atoms. The van der Waals surface area contributed by atoms with Gasteiger partial charge in [-0.2, -0.15) is 0 Å². The molecule has 1 atom stereocenters. The molecular formula is C75H136O6. The Labute approximate surface area is 504 Å².